The zero-order chi connectivity index (χ0) is 20.2. The number of ether oxygens (including phenoxy) is 1. The highest BCUT2D eigenvalue weighted by Crippen LogP contribution is 2.20. The molecule has 0 spiro atoms. The van der Waals surface area contributed by atoms with Crippen LogP contribution in [0.15, 0.2) is 59.2 Å². The predicted molar refractivity (Wildman–Crippen MR) is 110 cm³/mol. The monoisotopic (exact) mass is 392 g/mol. The summed E-state index contributed by atoms with van der Waals surface area (Å²) < 4.78 is 10.2. The van der Waals surface area contributed by atoms with Crippen molar-refractivity contribution < 1.29 is 18.7 Å². The largest absolute Gasteiger partial charge is 0.469 e. The maximum atomic E-state index is 12.4. The average Bonchev–Trinajstić information content (AvgIpc) is 3.18. The van der Waals surface area contributed by atoms with Gasteiger partial charge in [-0.05, 0) is 29.3 Å². The topological polar surface area (TPSA) is 63.0 Å². The second-order valence-electron chi connectivity index (χ2n) is 7.26. The van der Waals surface area contributed by atoms with Gasteiger partial charge in [0.05, 0.1) is 6.26 Å². The molecule has 1 aromatic heterocycles. The van der Waals surface area contributed by atoms with Gasteiger partial charge >= 0.3 is 5.97 Å². The Bertz CT molecular complexity index is 1010. The number of fused-ring (bicyclic) bond motifs is 1. The molecular weight excluding hydrogens is 368 g/mol. The van der Waals surface area contributed by atoms with Crippen molar-refractivity contribution >= 4 is 22.6 Å². The van der Waals surface area contributed by atoms with Crippen molar-refractivity contribution in [2.45, 2.75) is 13.5 Å². The van der Waals surface area contributed by atoms with E-state index in [1.807, 2.05) is 0 Å². The van der Waals surface area contributed by atoms with E-state index < -0.39 is 5.97 Å². The molecule has 2 heterocycles. The smallest absolute Gasteiger partial charge is 0.342 e. The summed E-state index contributed by atoms with van der Waals surface area (Å²) in [6, 6.07) is 16.3. The Morgan fingerprint density at radius 1 is 1.00 bits per heavy atom. The molecule has 1 aliphatic heterocycles. The zero-order valence-corrected chi connectivity index (χ0v) is 16.5. The molecule has 6 heteroatoms. The molecule has 0 saturated carbocycles. The van der Waals surface area contributed by atoms with Crippen LogP contribution in [0, 0.1) is 6.92 Å². The lowest BCUT2D eigenvalue weighted by Gasteiger charge is -2.34. The van der Waals surface area contributed by atoms with Crippen LogP contribution in [-0.4, -0.2) is 54.5 Å². The van der Waals surface area contributed by atoms with Crippen molar-refractivity contribution in [1.82, 2.24) is 9.80 Å². The maximum Gasteiger partial charge on any atom is 0.342 e. The standard InChI is InChI=1S/C23H24N2O4/c1-17-20(9-14-28-17)23(27)29-16-22(26)25-12-10-24(11-13-25)15-19-7-4-6-18-5-2-3-8-21(18)19/h2-9,14H,10-13,15-16H2,1H3. The lowest BCUT2D eigenvalue weighted by atomic mass is 10.0. The quantitative estimate of drug-likeness (QED) is 0.624. The first-order valence-corrected chi connectivity index (χ1v) is 9.80. The molecule has 3 aromatic rings. The normalized spacial score (nSPS) is 14.9. The molecule has 0 aliphatic carbocycles. The van der Waals surface area contributed by atoms with Crippen molar-refractivity contribution in [1.29, 1.82) is 0 Å². The number of benzene rings is 2. The average molecular weight is 392 g/mol. The Morgan fingerprint density at radius 2 is 1.76 bits per heavy atom. The van der Waals surface area contributed by atoms with Gasteiger partial charge in [0.15, 0.2) is 6.61 Å². The van der Waals surface area contributed by atoms with E-state index in [1.54, 1.807) is 17.9 Å². The van der Waals surface area contributed by atoms with Crippen LogP contribution in [0.1, 0.15) is 21.7 Å². The fourth-order valence-electron chi connectivity index (χ4n) is 3.72. The van der Waals surface area contributed by atoms with E-state index in [0.717, 1.165) is 19.6 Å². The van der Waals surface area contributed by atoms with Crippen LogP contribution in [0.4, 0.5) is 0 Å². The lowest BCUT2D eigenvalue weighted by Crippen LogP contribution is -2.49. The van der Waals surface area contributed by atoms with Gasteiger partial charge in [-0.2, -0.15) is 0 Å². The van der Waals surface area contributed by atoms with E-state index in [9.17, 15) is 9.59 Å². The minimum Gasteiger partial charge on any atom is -0.469 e. The van der Waals surface area contributed by atoms with E-state index in [0.29, 0.717) is 24.4 Å². The summed E-state index contributed by atoms with van der Waals surface area (Å²) in [5.41, 5.74) is 1.66. The maximum absolute atomic E-state index is 12.4. The van der Waals surface area contributed by atoms with Gasteiger partial charge in [0, 0.05) is 32.7 Å². The third kappa shape index (κ3) is 4.32. The van der Waals surface area contributed by atoms with Crippen molar-refractivity contribution in [2.75, 3.05) is 32.8 Å². The number of furan rings is 1. The third-order valence-electron chi connectivity index (χ3n) is 5.40. The highest BCUT2D eigenvalue weighted by Gasteiger charge is 2.23. The Labute approximate surface area is 169 Å². The molecule has 1 amide bonds. The SMILES string of the molecule is Cc1occc1C(=O)OCC(=O)N1CCN(Cc2cccc3ccccc23)CC1. The molecule has 4 rings (SSSR count). The van der Waals surface area contributed by atoms with Gasteiger partial charge < -0.3 is 14.1 Å². The number of carbonyl (C=O) groups excluding carboxylic acids is 2. The van der Waals surface area contributed by atoms with Gasteiger partial charge in [-0.1, -0.05) is 42.5 Å². The van der Waals surface area contributed by atoms with Crippen LogP contribution >= 0.6 is 0 Å². The molecular formula is C23H24N2O4. The zero-order valence-electron chi connectivity index (χ0n) is 16.5. The lowest BCUT2D eigenvalue weighted by molar-refractivity contribution is -0.136. The Kier molecular flexibility index (Phi) is 5.62. The molecule has 2 aromatic carbocycles. The highest BCUT2D eigenvalue weighted by atomic mass is 16.5. The van der Waals surface area contributed by atoms with Gasteiger partial charge in [-0.25, -0.2) is 4.79 Å². The van der Waals surface area contributed by atoms with Crippen LogP contribution in [0.25, 0.3) is 10.8 Å². The molecule has 29 heavy (non-hydrogen) atoms. The number of carbonyl (C=O) groups is 2. The molecule has 150 valence electrons. The molecule has 0 N–H and O–H groups in total. The first-order valence-electron chi connectivity index (χ1n) is 9.80. The summed E-state index contributed by atoms with van der Waals surface area (Å²) in [4.78, 5) is 28.5. The number of amides is 1. The first-order chi connectivity index (χ1) is 14.1. The molecule has 0 bridgehead atoms. The number of hydrogen-bond acceptors (Lipinski definition) is 5. The number of rotatable bonds is 5. The predicted octanol–water partition coefficient (Wildman–Crippen LogP) is 3.24. The minimum atomic E-state index is -0.529. The van der Waals surface area contributed by atoms with Crippen LogP contribution < -0.4 is 0 Å². The second-order valence-corrected chi connectivity index (χ2v) is 7.26. The Morgan fingerprint density at radius 3 is 2.52 bits per heavy atom. The summed E-state index contributed by atoms with van der Waals surface area (Å²) in [6.07, 6.45) is 1.43. The molecule has 1 fully saturated rings. The number of esters is 1. The Balaban J connectivity index is 1.28. The van der Waals surface area contributed by atoms with E-state index >= 15 is 0 Å². The van der Waals surface area contributed by atoms with Gasteiger partial charge in [-0.3, -0.25) is 9.69 Å². The minimum absolute atomic E-state index is 0.163. The second kappa shape index (κ2) is 8.49. The van der Waals surface area contributed by atoms with E-state index in [-0.39, 0.29) is 12.5 Å². The number of aryl methyl sites for hydroxylation is 1. The van der Waals surface area contributed by atoms with Gasteiger partial charge in [0.25, 0.3) is 5.91 Å². The molecule has 0 unspecified atom stereocenters. The summed E-state index contributed by atoms with van der Waals surface area (Å²) >= 11 is 0. The van der Waals surface area contributed by atoms with Gasteiger partial charge in [0.2, 0.25) is 0 Å². The summed E-state index contributed by atoms with van der Waals surface area (Å²) in [5, 5.41) is 2.52. The summed E-state index contributed by atoms with van der Waals surface area (Å²) in [7, 11) is 0. The van der Waals surface area contributed by atoms with Crippen LogP contribution in [0.3, 0.4) is 0 Å². The molecule has 0 radical (unpaired) electrons. The van der Waals surface area contributed by atoms with Crippen LogP contribution in [-0.2, 0) is 16.1 Å². The van der Waals surface area contributed by atoms with Crippen molar-refractivity contribution in [3.05, 3.63) is 71.7 Å². The van der Waals surface area contributed by atoms with Crippen molar-refractivity contribution in [2.24, 2.45) is 0 Å². The van der Waals surface area contributed by atoms with Gasteiger partial charge in [0.1, 0.15) is 11.3 Å². The molecule has 1 aliphatic rings. The number of hydrogen-bond donors (Lipinski definition) is 0. The van der Waals surface area contributed by atoms with Crippen LogP contribution in [0.5, 0.6) is 0 Å². The molecule has 1 saturated heterocycles. The van der Waals surface area contributed by atoms with Crippen molar-refractivity contribution in [3.63, 3.8) is 0 Å². The first kappa shape index (κ1) is 19.2. The fourth-order valence-corrected chi connectivity index (χ4v) is 3.72. The van der Waals surface area contributed by atoms with Crippen molar-refractivity contribution in [3.8, 4) is 0 Å². The number of piperazine rings is 1. The number of nitrogens with zero attached hydrogens (tertiary/aromatic N) is 2. The highest BCUT2D eigenvalue weighted by molar-refractivity contribution is 5.92. The molecule has 0 atom stereocenters. The van der Waals surface area contributed by atoms with E-state index in [4.69, 9.17) is 9.15 Å². The Hall–Kier alpha value is -3.12. The van der Waals surface area contributed by atoms with Gasteiger partial charge in [-0.15, -0.1) is 0 Å². The van der Waals surface area contributed by atoms with E-state index in [2.05, 4.69) is 47.4 Å². The fraction of sp³-hybridized carbons (Fsp3) is 0.304. The third-order valence-corrected chi connectivity index (χ3v) is 5.40. The summed E-state index contributed by atoms with van der Waals surface area (Å²) in [5.74, 6) is -0.201. The van der Waals surface area contributed by atoms with E-state index in [1.165, 1.54) is 22.6 Å². The summed E-state index contributed by atoms with van der Waals surface area (Å²) in [6.45, 7) is 5.16. The van der Waals surface area contributed by atoms with Crippen LogP contribution in [0.2, 0.25) is 0 Å². The molecule has 6 nitrogen and oxygen atoms in total.